The van der Waals surface area contributed by atoms with Gasteiger partial charge < -0.3 is 4.74 Å². The molecule has 0 aliphatic carbocycles. The summed E-state index contributed by atoms with van der Waals surface area (Å²) in [4.78, 5) is 0. The number of rotatable bonds is 8. The number of ether oxygens (including phenoxy) is 1. The molecule has 0 spiro atoms. The lowest BCUT2D eigenvalue weighted by Crippen LogP contribution is -2.01. The van der Waals surface area contributed by atoms with Crippen molar-refractivity contribution in [3.8, 4) is 0 Å². The van der Waals surface area contributed by atoms with E-state index >= 15 is 0 Å². The van der Waals surface area contributed by atoms with E-state index in [9.17, 15) is 0 Å². The summed E-state index contributed by atoms with van der Waals surface area (Å²) in [5, 5.41) is 0.733. The van der Waals surface area contributed by atoms with E-state index < -0.39 is 0 Å². The minimum Gasteiger partial charge on any atom is -0.483 e. The van der Waals surface area contributed by atoms with E-state index in [1.54, 1.807) is 6.08 Å². The second kappa shape index (κ2) is 9.72. The van der Waals surface area contributed by atoms with Gasteiger partial charge >= 0.3 is 0 Å². The number of hydrogen-bond donors (Lipinski definition) is 0. The van der Waals surface area contributed by atoms with Gasteiger partial charge in [0.15, 0.2) is 5.05 Å². The van der Waals surface area contributed by atoms with E-state index in [-0.39, 0.29) is 0 Å². The third kappa shape index (κ3) is 9.54. The van der Waals surface area contributed by atoms with Crippen LogP contribution in [0.1, 0.15) is 45.4 Å². The summed E-state index contributed by atoms with van der Waals surface area (Å²) in [5.41, 5.74) is 0. The molecule has 0 amide bonds. The second-order valence-corrected chi connectivity index (χ2v) is 3.59. The average molecular weight is 200 g/mol. The third-order valence-electron chi connectivity index (χ3n) is 1.85. The van der Waals surface area contributed by atoms with Gasteiger partial charge in [-0.3, -0.25) is 0 Å². The van der Waals surface area contributed by atoms with E-state index in [1.807, 2.05) is 0 Å². The smallest absolute Gasteiger partial charge is 0.160 e. The molecule has 0 N–H and O–H groups in total. The summed E-state index contributed by atoms with van der Waals surface area (Å²) in [6, 6.07) is 0. The summed E-state index contributed by atoms with van der Waals surface area (Å²) < 4.78 is 5.21. The van der Waals surface area contributed by atoms with Crippen LogP contribution < -0.4 is 0 Å². The number of unbranched alkanes of at least 4 members (excludes halogenated alkanes) is 4. The molecule has 0 fully saturated rings. The summed E-state index contributed by atoms with van der Waals surface area (Å²) in [6.07, 6.45) is 9.02. The SMILES string of the molecule is C=CCOC(=S)CCCCCCC. The lowest BCUT2D eigenvalue weighted by Gasteiger charge is -2.04. The van der Waals surface area contributed by atoms with Crippen molar-refractivity contribution < 1.29 is 4.74 Å². The van der Waals surface area contributed by atoms with Gasteiger partial charge in [-0.15, -0.1) is 0 Å². The highest BCUT2D eigenvalue weighted by Gasteiger charge is 1.96. The first-order valence-corrected chi connectivity index (χ1v) is 5.48. The molecule has 0 aliphatic rings. The van der Waals surface area contributed by atoms with E-state index in [0.29, 0.717) is 6.61 Å². The molecule has 0 bridgehead atoms. The van der Waals surface area contributed by atoms with Crippen molar-refractivity contribution in [3.05, 3.63) is 12.7 Å². The molecule has 0 aromatic carbocycles. The zero-order valence-corrected chi connectivity index (χ0v) is 9.37. The summed E-state index contributed by atoms with van der Waals surface area (Å²) in [7, 11) is 0. The highest BCUT2D eigenvalue weighted by atomic mass is 32.1. The molecule has 0 unspecified atom stereocenters. The van der Waals surface area contributed by atoms with Crippen LogP contribution in [0.15, 0.2) is 12.7 Å². The summed E-state index contributed by atoms with van der Waals surface area (Å²) in [6.45, 7) is 6.34. The van der Waals surface area contributed by atoms with Crippen LogP contribution in [0.2, 0.25) is 0 Å². The molecule has 0 radical (unpaired) electrons. The maximum absolute atomic E-state index is 5.21. The lowest BCUT2D eigenvalue weighted by molar-refractivity contribution is 0.348. The molecule has 0 heterocycles. The average Bonchev–Trinajstić information content (AvgIpc) is 2.14. The Morgan fingerprint density at radius 3 is 2.62 bits per heavy atom. The van der Waals surface area contributed by atoms with Crippen LogP contribution in [-0.2, 0) is 4.74 Å². The predicted octanol–water partition coefficient (Wildman–Crippen LogP) is 3.88. The molecule has 0 saturated carbocycles. The van der Waals surface area contributed by atoms with Crippen molar-refractivity contribution in [3.63, 3.8) is 0 Å². The van der Waals surface area contributed by atoms with Crippen molar-refractivity contribution in [1.29, 1.82) is 0 Å². The molecule has 76 valence electrons. The number of thiocarbonyl (C=S) groups is 1. The molecule has 1 nitrogen and oxygen atoms in total. The van der Waals surface area contributed by atoms with Crippen molar-refractivity contribution in [2.45, 2.75) is 45.4 Å². The first-order chi connectivity index (χ1) is 6.31. The molecule has 2 heteroatoms. The first-order valence-electron chi connectivity index (χ1n) is 5.07. The van der Waals surface area contributed by atoms with Crippen LogP contribution in [0.5, 0.6) is 0 Å². The van der Waals surface area contributed by atoms with Gasteiger partial charge in [-0.25, -0.2) is 0 Å². The maximum Gasteiger partial charge on any atom is 0.160 e. The lowest BCUT2D eigenvalue weighted by atomic mass is 10.1. The normalized spacial score (nSPS) is 9.62. The van der Waals surface area contributed by atoms with Gasteiger partial charge in [0.2, 0.25) is 0 Å². The Bertz CT molecular complexity index is 143. The fraction of sp³-hybridized carbons (Fsp3) is 0.727. The number of hydrogen-bond acceptors (Lipinski definition) is 2. The van der Waals surface area contributed by atoms with Gasteiger partial charge in [-0.05, 0) is 18.6 Å². The standard InChI is InChI=1S/C11H20OS/c1-3-5-6-7-8-9-11(13)12-10-4-2/h4H,2-3,5-10H2,1H3. The first kappa shape index (κ1) is 12.6. The molecular weight excluding hydrogens is 180 g/mol. The molecule has 0 saturated heterocycles. The Kier molecular flexibility index (Phi) is 9.44. The molecule has 0 aromatic heterocycles. The van der Waals surface area contributed by atoms with Crippen molar-refractivity contribution >= 4 is 17.3 Å². The van der Waals surface area contributed by atoms with Gasteiger partial charge in [0.05, 0.1) is 0 Å². The minimum absolute atomic E-state index is 0.549. The predicted molar refractivity (Wildman–Crippen MR) is 62.1 cm³/mol. The Morgan fingerprint density at radius 2 is 2.00 bits per heavy atom. The van der Waals surface area contributed by atoms with Crippen LogP contribution in [0.25, 0.3) is 0 Å². The van der Waals surface area contributed by atoms with Gasteiger partial charge in [0.25, 0.3) is 0 Å². The second-order valence-electron chi connectivity index (χ2n) is 3.14. The van der Waals surface area contributed by atoms with Crippen LogP contribution >= 0.6 is 12.2 Å². The van der Waals surface area contributed by atoms with Crippen LogP contribution in [-0.4, -0.2) is 11.7 Å². The van der Waals surface area contributed by atoms with Gasteiger partial charge in [0, 0.05) is 6.42 Å². The van der Waals surface area contributed by atoms with Gasteiger partial charge in [-0.1, -0.05) is 45.3 Å². The third-order valence-corrected chi connectivity index (χ3v) is 2.17. The quantitative estimate of drug-likeness (QED) is 0.334. The van der Waals surface area contributed by atoms with Crippen molar-refractivity contribution in [2.24, 2.45) is 0 Å². The monoisotopic (exact) mass is 200 g/mol. The van der Waals surface area contributed by atoms with Crippen LogP contribution in [0.3, 0.4) is 0 Å². The van der Waals surface area contributed by atoms with Gasteiger partial charge in [-0.2, -0.15) is 0 Å². The zero-order valence-electron chi connectivity index (χ0n) is 8.55. The van der Waals surface area contributed by atoms with Crippen LogP contribution in [0.4, 0.5) is 0 Å². The van der Waals surface area contributed by atoms with Crippen molar-refractivity contribution in [1.82, 2.24) is 0 Å². The Hall–Kier alpha value is -0.370. The molecule has 0 aliphatic heterocycles. The van der Waals surface area contributed by atoms with E-state index in [1.165, 1.54) is 25.7 Å². The largest absolute Gasteiger partial charge is 0.483 e. The van der Waals surface area contributed by atoms with E-state index in [2.05, 4.69) is 13.5 Å². The molecule has 0 atom stereocenters. The van der Waals surface area contributed by atoms with E-state index in [0.717, 1.165) is 17.9 Å². The molecule has 0 rings (SSSR count). The Balaban J connectivity index is 3.12. The fourth-order valence-electron chi connectivity index (χ4n) is 1.10. The highest BCUT2D eigenvalue weighted by molar-refractivity contribution is 7.80. The zero-order chi connectivity index (χ0) is 9.94. The van der Waals surface area contributed by atoms with Gasteiger partial charge in [0.1, 0.15) is 6.61 Å². The Labute approximate surface area is 87.2 Å². The van der Waals surface area contributed by atoms with Crippen LogP contribution in [0, 0.1) is 0 Å². The maximum atomic E-state index is 5.21. The highest BCUT2D eigenvalue weighted by Crippen LogP contribution is 2.06. The minimum atomic E-state index is 0.549. The molecule has 13 heavy (non-hydrogen) atoms. The summed E-state index contributed by atoms with van der Waals surface area (Å²) >= 11 is 5.03. The van der Waals surface area contributed by atoms with E-state index in [4.69, 9.17) is 17.0 Å². The molecule has 0 aromatic rings. The Morgan fingerprint density at radius 1 is 1.31 bits per heavy atom. The molecular formula is C11H20OS. The van der Waals surface area contributed by atoms with Crippen molar-refractivity contribution in [2.75, 3.05) is 6.61 Å². The fourth-order valence-corrected chi connectivity index (χ4v) is 1.31. The topological polar surface area (TPSA) is 9.23 Å². The summed E-state index contributed by atoms with van der Waals surface area (Å²) in [5.74, 6) is 0.